The number of hydrogen-bond donors (Lipinski definition) is 2. The van der Waals surface area contributed by atoms with Gasteiger partial charge in [-0.1, -0.05) is 57.5 Å². The van der Waals surface area contributed by atoms with Crippen LogP contribution in [0.5, 0.6) is 11.6 Å². The Morgan fingerprint density at radius 1 is 1.11 bits per heavy atom. The molecule has 0 bridgehead atoms. The van der Waals surface area contributed by atoms with Crippen LogP contribution in [0.1, 0.15) is 97.8 Å². The second-order valence-corrected chi connectivity index (χ2v) is 22.8. The monoisotopic (exact) mass is 823 g/mol. The molecule has 54 heavy (non-hydrogen) atoms. The minimum atomic E-state index is -2.94. The van der Waals surface area contributed by atoms with Gasteiger partial charge in [0.05, 0.1) is 16.1 Å². The maximum absolute atomic E-state index is 16.8. The lowest BCUT2D eigenvalue weighted by Gasteiger charge is -2.55. The van der Waals surface area contributed by atoms with Crippen molar-refractivity contribution in [2.45, 2.75) is 109 Å². The third-order valence-electron chi connectivity index (χ3n) is 12.7. The summed E-state index contributed by atoms with van der Waals surface area (Å²) in [6.45, 7) is 13.4. The average molecular weight is 825 g/mol. The Bertz CT molecular complexity index is 2030. The topological polar surface area (TPSA) is 126 Å². The van der Waals surface area contributed by atoms with Crippen molar-refractivity contribution < 1.29 is 37.9 Å². The number of carbonyl (C=O) groups excluding carboxylic acids is 2. The molecule has 5 atom stereocenters. The highest BCUT2D eigenvalue weighted by Gasteiger charge is 2.69. The Kier molecular flexibility index (Phi) is 10.1. The summed E-state index contributed by atoms with van der Waals surface area (Å²) in [5.41, 5.74) is -0.875. The molecule has 7 rings (SSSR count). The molecule has 4 aliphatic rings. The Hall–Kier alpha value is -3.36. The summed E-state index contributed by atoms with van der Waals surface area (Å²) in [6, 6.07) is 9.05. The van der Waals surface area contributed by atoms with E-state index >= 15 is 14.0 Å². The summed E-state index contributed by atoms with van der Waals surface area (Å²) in [6.07, 6.45) is 3.38. The van der Waals surface area contributed by atoms with E-state index in [4.69, 9.17) is 13.7 Å². The highest BCUT2D eigenvalue weighted by Crippen LogP contribution is 2.59. The van der Waals surface area contributed by atoms with Gasteiger partial charge < -0.3 is 23.9 Å². The number of aromatic nitrogens is 1. The summed E-state index contributed by atoms with van der Waals surface area (Å²) in [7, 11) is 0.758. The highest BCUT2D eigenvalue weighted by atomic mass is 79.9. The number of aliphatic hydroxyl groups is 1. The van der Waals surface area contributed by atoms with Crippen molar-refractivity contribution in [1.82, 2.24) is 15.0 Å². The quantitative estimate of drug-likeness (QED) is 0.169. The Morgan fingerprint density at radius 3 is 2.46 bits per heavy atom. The van der Waals surface area contributed by atoms with Gasteiger partial charge in [-0.05, 0) is 104 Å². The number of piperidine rings is 1. The van der Waals surface area contributed by atoms with Gasteiger partial charge in [0.15, 0.2) is 19.7 Å². The first kappa shape index (κ1) is 38.9. The van der Waals surface area contributed by atoms with Crippen molar-refractivity contribution in [2.75, 3.05) is 20.6 Å². The summed E-state index contributed by atoms with van der Waals surface area (Å²) in [4.78, 5) is 35.0. The fraction of sp³-hybridized carbons (Fsp3) is 0.537. The number of likely N-dealkylation sites (tertiary alicyclic amines) is 1. The van der Waals surface area contributed by atoms with Crippen LogP contribution in [-0.4, -0.2) is 77.3 Å². The molecule has 3 aromatic rings. The number of carbonyl (C=O) groups is 2. The highest BCUT2D eigenvalue weighted by molar-refractivity contribution is 9.10. The Morgan fingerprint density at radius 2 is 1.81 bits per heavy atom. The predicted octanol–water partition coefficient (Wildman–Crippen LogP) is 8.53. The van der Waals surface area contributed by atoms with Crippen LogP contribution in [0.4, 0.5) is 4.39 Å². The zero-order chi connectivity index (χ0) is 39.1. The Balaban J connectivity index is 1.39. The molecule has 0 unspecified atom stereocenters. The van der Waals surface area contributed by atoms with Crippen LogP contribution in [0.15, 0.2) is 44.9 Å². The van der Waals surface area contributed by atoms with E-state index in [0.29, 0.717) is 12.1 Å². The summed E-state index contributed by atoms with van der Waals surface area (Å²) in [5.74, 6) is -3.90. The van der Waals surface area contributed by atoms with E-state index in [1.807, 2.05) is 83.2 Å². The first-order valence-corrected chi connectivity index (χ1v) is 22.6. The number of Topliss-reactive ketones (excluding diaryl/α,β-unsaturated/α-hetero) is 2. The number of hydrogen-bond acceptors (Lipinski definition) is 10. The molecule has 0 radical (unpaired) electrons. The lowest BCUT2D eigenvalue weighted by atomic mass is 9.57. The molecule has 1 aliphatic heterocycles. The second kappa shape index (κ2) is 14.0. The molecule has 1 saturated carbocycles. The minimum absolute atomic E-state index is 0.0334. The molecular weight excluding hydrogens is 773 g/mol. The number of ether oxygens (including phenoxy) is 1. The number of nitrogens with zero attached hydrogens (tertiary/aromatic N) is 3. The fourth-order valence-electron chi connectivity index (χ4n) is 8.81. The second-order valence-electron chi connectivity index (χ2n) is 17.3. The summed E-state index contributed by atoms with van der Waals surface area (Å²) >= 11 is 3.46. The SMILES string of the molecule is C[C@H]1CCCCN1Cc1c(F)c2c(c(O)c1Br)C(O)=C1C(=O)[C@]3(O[Si](C)(C)C(C)(C)C)C(=O)c4c(OCc5ccccc5)noc4[C@@H](N(C)C)[C@@H]3C[C@@H]1C2. The van der Waals surface area contributed by atoms with Crippen LogP contribution in [0.25, 0.3) is 5.76 Å². The van der Waals surface area contributed by atoms with E-state index in [2.05, 4.69) is 32.9 Å². The number of phenols is 1. The minimum Gasteiger partial charge on any atom is -0.507 e. The number of rotatable bonds is 8. The predicted molar refractivity (Wildman–Crippen MR) is 208 cm³/mol. The summed E-state index contributed by atoms with van der Waals surface area (Å²) < 4.78 is 36.2. The summed E-state index contributed by atoms with van der Waals surface area (Å²) in [5, 5.41) is 27.6. The van der Waals surface area contributed by atoms with Crippen LogP contribution in [0.3, 0.4) is 0 Å². The zero-order valence-corrected chi connectivity index (χ0v) is 35.0. The number of aromatic hydroxyl groups is 1. The molecule has 13 heteroatoms. The van der Waals surface area contributed by atoms with Gasteiger partial charge in [-0.25, -0.2) is 4.39 Å². The van der Waals surface area contributed by atoms with Gasteiger partial charge in [-0.2, -0.15) is 0 Å². The average Bonchev–Trinajstić information content (AvgIpc) is 3.53. The normalized spacial score (nSPS) is 26.1. The maximum atomic E-state index is 16.8. The van der Waals surface area contributed by atoms with Gasteiger partial charge in [-0.3, -0.25) is 19.4 Å². The molecule has 2 N–H and O–H groups in total. The van der Waals surface area contributed by atoms with E-state index in [1.54, 1.807) is 0 Å². The standard InChI is InChI=1S/C41H51BrFN3O7Si/c1-22-14-12-13-17-46(22)20-26-31(42)35(48)29-25(32(26)43)18-24-19-27-33(45(5)6)36-30(39(44-52-36)51-21-23-15-10-9-11-16-23)38(50)41(27,37(49)28(24)34(29)47)53-54(7,8)40(2,3)4/h9-11,15-16,22,24,27,33,47-48H,12-14,17-21H2,1-8H3/t22-,24-,27-,33-,41-/m0/s1. The van der Waals surface area contributed by atoms with Crippen molar-refractivity contribution in [1.29, 1.82) is 0 Å². The Labute approximate surface area is 325 Å². The number of ketones is 2. The van der Waals surface area contributed by atoms with Crippen molar-refractivity contribution in [3.8, 4) is 11.6 Å². The van der Waals surface area contributed by atoms with Crippen LogP contribution in [0.2, 0.25) is 18.1 Å². The third kappa shape index (κ3) is 6.09. The lowest BCUT2D eigenvalue weighted by molar-refractivity contribution is -0.140. The van der Waals surface area contributed by atoms with Crippen molar-refractivity contribution >= 4 is 41.6 Å². The molecule has 2 heterocycles. The fourth-order valence-corrected chi connectivity index (χ4v) is 10.8. The van der Waals surface area contributed by atoms with Crippen LogP contribution < -0.4 is 4.74 Å². The number of phenolic OH excluding ortho intramolecular Hbond substituents is 1. The molecule has 290 valence electrons. The zero-order valence-electron chi connectivity index (χ0n) is 32.4. The van der Waals surface area contributed by atoms with Gasteiger partial charge in [0.25, 0.3) is 5.88 Å². The van der Waals surface area contributed by atoms with E-state index in [-0.39, 0.29) is 69.6 Å². The first-order chi connectivity index (χ1) is 25.4. The molecule has 10 nitrogen and oxygen atoms in total. The van der Waals surface area contributed by atoms with E-state index in [0.717, 1.165) is 31.4 Å². The molecule has 2 fully saturated rings. The molecule has 0 spiro atoms. The van der Waals surface area contributed by atoms with E-state index < -0.39 is 60.0 Å². The molecular formula is C41H51BrFN3O7Si. The third-order valence-corrected chi connectivity index (χ3v) is 18.0. The molecule has 1 saturated heterocycles. The number of halogens is 2. The molecule has 2 aromatic carbocycles. The van der Waals surface area contributed by atoms with Crippen LogP contribution >= 0.6 is 15.9 Å². The molecule has 3 aliphatic carbocycles. The largest absolute Gasteiger partial charge is 0.507 e. The molecule has 1 aromatic heterocycles. The van der Waals surface area contributed by atoms with Crippen LogP contribution in [-0.2, 0) is 28.8 Å². The van der Waals surface area contributed by atoms with Crippen LogP contribution in [0, 0.1) is 17.7 Å². The van der Waals surface area contributed by atoms with Gasteiger partial charge in [-0.15, -0.1) is 0 Å². The maximum Gasteiger partial charge on any atom is 0.265 e. The first-order valence-electron chi connectivity index (χ1n) is 18.9. The smallest absolute Gasteiger partial charge is 0.265 e. The van der Waals surface area contributed by atoms with Crippen molar-refractivity contribution in [3.63, 3.8) is 0 Å². The van der Waals surface area contributed by atoms with E-state index in [9.17, 15) is 10.2 Å². The lowest BCUT2D eigenvalue weighted by Crippen LogP contribution is -2.68. The van der Waals surface area contributed by atoms with Crippen molar-refractivity contribution in [3.05, 3.63) is 79.8 Å². The van der Waals surface area contributed by atoms with Gasteiger partial charge in [0, 0.05) is 35.2 Å². The van der Waals surface area contributed by atoms with Crippen molar-refractivity contribution in [2.24, 2.45) is 11.8 Å². The number of benzene rings is 2. The van der Waals surface area contributed by atoms with E-state index in [1.165, 1.54) is 0 Å². The van der Waals surface area contributed by atoms with Gasteiger partial charge in [0.2, 0.25) is 11.6 Å². The molecule has 0 amide bonds. The van der Waals surface area contributed by atoms with Gasteiger partial charge >= 0.3 is 0 Å². The number of aliphatic hydroxyl groups excluding tert-OH is 1. The number of fused-ring (bicyclic) bond motifs is 4. The van der Waals surface area contributed by atoms with Gasteiger partial charge in [0.1, 0.15) is 29.5 Å².